The number of amides is 1. The quantitative estimate of drug-likeness (QED) is 0.466. The van der Waals surface area contributed by atoms with Crippen LogP contribution in [0.25, 0.3) is 21.5 Å². The highest BCUT2D eigenvalue weighted by atomic mass is 35.5. The normalized spacial score (nSPS) is 14.0. The average molecular weight is 439 g/mol. The van der Waals surface area contributed by atoms with Crippen molar-refractivity contribution in [2.75, 3.05) is 31.1 Å². The van der Waals surface area contributed by atoms with Gasteiger partial charge in [-0.3, -0.25) is 9.78 Å². The standard InChI is InChI=1S/C23H22N4OS.ClH/c1-25-19-8-3-2-7-18(19)21(22(25)20-9-5-15-29-20)23(28)27-13-11-26(12-14-27)17-6-4-10-24-16-17;/h2-10,15-16H,11-14H2,1H3;1H. The zero-order valence-electron chi connectivity index (χ0n) is 16.7. The summed E-state index contributed by atoms with van der Waals surface area (Å²) in [5.41, 5.74) is 4.04. The Morgan fingerprint density at radius 1 is 1.00 bits per heavy atom. The fraction of sp³-hybridized carbons (Fsp3) is 0.217. The van der Waals surface area contributed by atoms with E-state index >= 15 is 0 Å². The molecule has 1 aliphatic rings. The van der Waals surface area contributed by atoms with E-state index in [1.165, 1.54) is 0 Å². The first kappa shape index (κ1) is 20.4. The molecule has 30 heavy (non-hydrogen) atoms. The molecule has 1 aliphatic heterocycles. The lowest BCUT2D eigenvalue weighted by Gasteiger charge is -2.36. The van der Waals surface area contributed by atoms with Gasteiger partial charge >= 0.3 is 0 Å². The molecule has 0 bridgehead atoms. The molecule has 3 aromatic heterocycles. The first-order chi connectivity index (χ1) is 14.2. The van der Waals surface area contributed by atoms with Gasteiger partial charge in [-0.05, 0) is 29.6 Å². The Bertz CT molecular complexity index is 1150. The van der Waals surface area contributed by atoms with Crippen molar-refractivity contribution in [2.45, 2.75) is 0 Å². The molecule has 5 rings (SSSR count). The van der Waals surface area contributed by atoms with Crippen LogP contribution in [0.3, 0.4) is 0 Å². The number of hydrogen-bond acceptors (Lipinski definition) is 4. The molecule has 4 heterocycles. The average Bonchev–Trinajstić information content (AvgIpc) is 3.41. The summed E-state index contributed by atoms with van der Waals surface area (Å²) in [5.74, 6) is 0.121. The largest absolute Gasteiger partial charge is 0.367 e. The molecular weight excluding hydrogens is 416 g/mol. The maximum absolute atomic E-state index is 13.7. The molecule has 154 valence electrons. The van der Waals surface area contributed by atoms with Gasteiger partial charge < -0.3 is 14.4 Å². The highest BCUT2D eigenvalue weighted by Gasteiger charge is 2.28. The second-order valence-corrected chi connectivity index (χ2v) is 8.22. The van der Waals surface area contributed by atoms with E-state index in [0.29, 0.717) is 13.1 Å². The van der Waals surface area contributed by atoms with Crippen LogP contribution in [0.4, 0.5) is 5.69 Å². The van der Waals surface area contributed by atoms with Crippen molar-refractivity contribution < 1.29 is 4.79 Å². The summed E-state index contributed by atoms with van der Waals surface area (Å²) in [5, 5.41) is 3.09. The molecule has 1 aromatic carbocycles. The summed E-state index contributed by atoms with van der Waals surface area (Å²) in [6.07, 6.45) is 3.67. The van der Waals surface area contributed by atoms with Crippen molar-refractivity contribution in [3.63, 3.8) is 0 Å². The first-order valence-corrected chi connectivity index (χ1v) is 10.7. The lowest BCUT2D eigenvalue weighted by Crippen LogP contribution is -2.48. The summed E-state index contributed by atoms with van der Waals surface area (Å²) < 4.78 is 2.15. The van der Waals surface area contributed by atoms with Crippen LogP contribution in [0.2, 0.25) is 0 Å². The van der Waals surface area contributed by atoms with Crippen molar-refractivity contribution in [3.8, 4) is 10.6 Å². The Morgan fingerprint density at radius 3 is 2.50 bits per heavy atom. The number of carbonyl (C=O) groups excluding carboxylic acids is 1. The molecule has 0 aliphatic carbocycles. The Morgan fingerprint density at radius 2 is 1.80 bits per heavy atom. The predicted octanol–water partition coefficient (Wildman–Crippen LogP) is 4.69. The summed E-state index contributed by atoms with van der Waals surface area (Å²) in [6, 6.07) is 16.4. The Hall–Kier alpha value is -2.83. The van der Waals surface area contributed by atoms with Crippen LogP contribution >= 0.6 is 23.7 Å². The lowest BCUT2D eigenvalue weighted by molar-refractivity contribution is 0.0749. The van der Waals surface area contributed by atoms with E-state index < -0.39 is 0 Å². The van der Waals surface area contributed by atoms with Crippen molar-refractivity contribution in [1.29, 1.82) is 0 Å². The van der Waals surface area contributed by atoms with E-state index in [-0.39, 0.29) is 18.3 Å². The fourth-order valence-electron chi connectivity index (χ4n) is 4.18. The van der Waals surface area contributed by atoms with E-state index in [2.05, 4.69) is 51.1 Å². The number of halogens is 1. The molecule has 7 heteroatoms. The van der Waals surface area contributed by atoms with Crippen molar-refractivity contribution in [3.05, 3.63) is 71.9 Å². The number of carbonyl (C=O) groups is 1. The van der Waals surface area contributed by atoms with Crippen LogP contribution in [0.15, 0.2) is 66.3 Å². The maximum Gasteiger partial charge on any atom is 0.256 e. The molecule has 0 atom stereocenters. The van der Waals surface area contributed by atoms with Crippen molar-refractivity contribution >= 4 is 46.2 Å². The molecule has 0 spiro atoms. The van der Waals surface area contributed by atoms with E-state index in [0.717, 1.165) is 45.8 Å². The number of benzene rings is 1. The van der Waals surface area contributed by atoms with Gasteiger partial charge in [0, 0.05) is 50.3 Å². The predicted molar refractivity (Wildman–Crippen MR) is 126 cm³/mol. The molecule has 0 unspecified atom stereocenters. The minimum atomic E-state index is 0. The van der Waals surface area contributed by atoms with Gasteiger partial charge in [0.1, 0.15) is 0 Å². The van der Waals surface area contributed by atoms with Gasteiger partial charge in [-0.1, -0.05) is 24.3 Å². The minimum Gasteiger partial charge on any atom is -0.367 e. The van der Waals surface area contributed by atoms with Crippen molar-refractivity contribution in [1.82, 2.24) is 14.5 Å². The molecular formula is C23H23ClN4OS. The Kier molecular flexibility index (Phi) is 5.79. The topological polar surface area (TPSA) is 41.4 Å². The van der Waals surface area contributed by atoms with E-state index in [1.807, 2.05) is 35.4 Å². The monoisotopic (exact) mass is 438 g/mol. The number of aryl methyl sites for hydroxylation is 1. The number of rotatable bonds is 3. The lowest BCUT2D eigenvalue weighted by atomic mass is 10.1. The summed E-state index contributed by atoms with van der Waals surface area (Å²) in [7, 11) is 2.05. The third-order valence-corrected chi connectivity index (χ3v) is 6.53. The summed E-state index contributed by atoms with van der Waals surface area (Å²) in [4.78, 5) is 23.3. The van der Waals surface area contributed by atoms with Gasteiger partial charge in [0.2, 0.25) is 0 Å². The molecule has 1 fully saturated rings. The number of pyridine rings is 1. The number of piperazine rings is 1. The number of thiophene rings is 1. The van der Waals surface area contributed by atoms with Crippen LogP contribution in [-0.2, 0) is 7.05 Å². The van der Waals surface area contributed by atoms with Gasteiger partial charge in [0.15, 0.2) is 0 Å². The summed E-state index contributed by atoms with van der Waals surface area (Å²) in [6.45, 7) is 3.05. The van der Waals surface area contributed by atoms with E-state index in [4.69, 9.17) is 0 Å². The van der Waals surface area contributed by atoms with Crippen LogP contribution in [0.5, 0.6) is 0 Å². The van der Waals surface area contributed by atoms with Crippen LogP contribution in [-0.4, -0.2) is 46.5 Å². The summed E-state index contributed by atoms with van der Waals surface area (Å²) >= 11 is 1.67. The molecule has 1 amide bonds. The van der Waals surface area contributed by atoms with Gasteiger partial charge in [0.25, 0.3) is 5.91 Å². The third-order valence-electron chi connectivity index (χ3n) is 5.65. The van der Waals surface area contributed by atoms with Crippen LogP contribution < -0.4 is 4.90 Å². The number of aromatic nitrogens is 2. The Labute approximate surface area is 186 Å². The molecule has 1 saturated heterocycles. The number of anilines is 1. The van der Waals surface area contributed by atoms with Crippen molar-refractivity contribution in [2.24, 2.45) is 7.05 Å². The fourth-order valence-corrected chi connectivity index (χ4v) is 4.99. The third kappa shape index (κ3) is 3.46. The molecule has 5 nitrogen and oxygen atoms in total. The number of fused-ring (bicyclic) bond motifs is 1. The molecule has 0 radical (unpaired) electrons. The highest BCUT2D eigenvalue weighted by molar-refractivity contribution is 7.13. The molecule has 4 aromatic rings. The number of hydrogen-bond donors (Lipinski definition) is 0. The van der Waals surface area contributed by atoms with Gasteiger partial charge in [-0.2, -0.15) is 0 Å². The van der Waals surface area contributed by atoms with Gasteiger partial charge in [-0.15, -0.1) is 23.7 Å². The van der Waals surface area contributed by atoms with Crippen LogP contribution in [0.1, 0.15) is 10.4 Å². The molecule has 0 N–H and O–H groups in total. The number of nitrogens with zero attached hydrogens (tertiary/aromatic N) is 4. The second kappa shape index (κ2) is 8.50. The van der Waals surface area contributed by atoms with E-state index in [1.54, 1.807) is 17.5 Å². The van der Waals surface area contributed by atoms with E-state index in [9.17, 15) is 4.79 Å². The first-order valence-electron chi connectivity index (χ1n) is 9.79. The second-order valence-electron chi connectivity index (χ2n) is 7.27. The molecule has 0 saturated carbocycles. The zero-order valence-corrected chi connectivity index (χ0v) is 18.3. The maximum atomic E-state index is 13.7. The highest BCUT2D eigenvalue weighted by Crippen LogP contribution is 2.36. The van der Waals surface area contributed by atoms with Gasteiger partial charge in [-0.25, -0.2) is 0 Å². The van der Waals surface area contributed by atoms with Crippen LogP contribution in [0, 0.1) is 0 Å². The smallest absolute Gasteiger partial charge is 0.256 e. The SMILES string of the molecule is Cl.Cn1c(-c2cccs2)c(C(=O)N2CCN(c3cccnc3)CC2)c2ccccc21. The minimum absolute atomic E-state index is 0. The zero-order chi connectivity index (χ0) is 19.8. The van der Waals surface area contributed by atoms with Gasteiger partial charge in [0.05, 0.1) is 28.0 Å². The Balaban J connectivity index is 0.00000218. The number of para-hydroxylation sites is 1.